The van der Waals surface area contributed by atoms with Crippen LogP contribution in [0.2, 0.25) is 0 Å². The monoisotopic (exact) mass is 288 g/mol. The molecule has 6 heteroatoms. The van der Waals surface area contributed by atoms with Crippen molar-refractivity contribution in [1.29, 1.82) is 0 Å². The van der Waals surface area contributed by atoms with Crippen LogP contribution in [-0.2, 0) is 10.0 Å². The van der Waals surface area contributed by atoms with Crippen LogP contribution in [0.1, 0.15) is 18.9 Å². The van der Waals surface area contributed by atoms with Gasteiger partial charge in [0.05, 0.1) is 4.90 Å². The molecule has 18 heavy (non-hydrogen) atoms. The molecule has 1 rings (SSSR count). The van der Waals surface area contributed by atoms with E-state index < -0.39 is 10.0 Å². The van der Waals surface area contributed by atoms with Gasteiger partial charge in [-0.3, -0.25) is 0 Å². The highest BCUT2D eigenvalue weighted by Crippen LogP contribution is 2.17. The van der Waals surface area contributed by atoms with E-state index in [1.165, 1.54) is 6.07 Å². The molecule has 1 aromatic carbocycles. The van der Waals surface area contributed by atoms with Crippen LogP contribution in [0.15, 0.2) is 23.1 Å². The van der Waals surface area contributed by atoms with Crippen LogP contribution >= 0.6 is 11.8 Å². The summed E-state index contributed by atoms with van der Waals surface area (Å²) in [7, 11) is -3.45. The molecule has 0 aliphatic heterocycles. The third-order valence-corrected chi connectivity index (χ3v) is 4.99. The molecular formula is C12H20N2O2S2. The fourth-order valence-corrected chi connectivity index (χ4v) is 3.77. The van der Waals surface area contributed by atoms with Crippen molar-refractivity contribution in [2.75, 3.05) is 17.7 Å². The second-order valence-corrected chi connectivity index (χ2v) is 6.82. The molecule has 0 aromatic heterocycles. The van der Waals surface area contributed by atoms with Gasteiger partial charge >= 0.3 is 0 Å². The molecule has 0 amide bonds. The first-order chi connectivity index (χ1) is 8.40. The molecule has 0 aliphatic rings. The largest absolute Gasteiger partial charge is 0.399 e. The lowest BCUT2D eigenvalue weighted by molar-refractivity contribution is 0.558. The van der Waals surface area contributed by atoms with Gasteiger partial charge in [0.1, 0.15) is 0 Å². The number of nitrogen functional groups attached to an aromatic ring is 1. The van der Waals surface area contributed by atoms with Crippen LogP contribution in [0.4, 0.5) is 5.69 Å². The van der Waals surface area contributed by atoms with Crippen LogP contribution < -0.4 is 10.5 Å². The SMILES string of the molecule is CCC(CSC)NS(=O)(=O)c1ccc(N)c(C)c1. The maximum absolute atomic E-state index is 12.2. The number of nitrogens with two attached hydrogens (primary N) is 1. The summed E-state index contributed by atoms with van der Waals surface area (Å²) in [4.78, 5) is 0.272. The summed E-state index contributed by atoms with van der Waals surface area (Å²) in [6.45, 7) is 3.77. The normalized spacial score (nSPS) is 13.5. The molecule has 1 unspecified atom stereocenters. The van der Waals surface area contributed by atoms with Crippen molar-refractivity contribution in [1.82, 2.24) is 4.72 Å². The third kappa shape index (κ3) is 3.90. The van der Waals surface area contributed by atoms with E-state index in [0.717, 1.165) is 17.7 Å². The van der Waals surface area contributed by atoms with Gasteiger partial charge in [-0.25, -0.2) is 13.1 Å². The smallest absolute Gasteiger partial charge is 0.240 e. The fourth-order valence-electron chi connectivity index (χ4n) is 1.54. The first-order valence-electron chi connectivity index (χ1n) is 5.78. The molecule has 0 saturated carbocycles. The molecule has 4 nitrogen and oxygen atoms in total. The number of aryl methyl sites for hydroxylation is 1. The van der Waals surface area contributed by atoms with Crippen molar-refractivity contribution in [2.24, 2.45) is 0 Å². The maximum Gasteiger partial charge on any atom is 0.240 e. The van der Waals surface area contributed by atoms with Gasteiger partial charge in [-0.2, -0.15) is 11.8 Å². The van der Waals surface area contributed by atoms with Crippen molar-refractivity contribution in [2.45, 2.75) is 31.2 Å². The first-order valence-corrected chi connectivity index (χ1v) is 8.65. The number of hydrogen-bond acceptors (Lipinski definition) is 4. The van der Waals surface area contributed by atoms with Gasteiger partial charge in [0.2, 0.25) is 10.0 Å². The topological polar surface area (TPSA) is 72.2 Å². The number of anilines is 1. The second kappa shape index (κ2) is 6.45. The molecule has 0 fully saturated rings. The lowest BCUT2D eigenvalue weighted by atomic mass is 10.2. The molecule has 1 atom stereocenters. The minimum atomic E-state index is -3.45. The molecule has 1 aromatic rings. The van der Waals surface area contributed by atoms with E-state index in [1.54, 1.807) is 30.8 Å². The summed E-state index contributed by atoms with van der Waals surface area (Å²) >= 11 is 1.63. The summed E-state index contributed by atoms with van der Waals surface area (Å²) in [6, 6.07) is 4.72. The highest BCUT2D eigenvalue weighted by atomic mass is 32.2. The average Bonchev–Trinajstić information content (AvgIpc) is 2.31. The van der Waals surface area contributed by atoms with E-state index in [2.05, 4.69) is 4.72 Å². The fraction of sp³-hybridized carbons (Fsp3) is 0.500. The Kier molecular flexibility index (Phi) is 5.49. The van der Waals surface area contributed by atoms with Crippen LogP contribution in [-0.4, -0.2) is 26.5 Å². The highest BCUT2D eigenvalue weighted by molar-refractivity contribution is 7.98. The number of nitrogens with one attached hydrogen (secondary N) is 1. The van der Waals surface area contributed by atoms with Crippen LogP contribution in [0.5, 0.6) is 0 Å². The predicted octanol–water partition coefficient (Wildman–Crippen LogP) is 2.00. The number of sulfonamides is 1. The molecule has 0 saturated heterocycles. The predicted molar refractivity (Wildman–Crippen MR) is 78.4 cm³/mol. The van der Waals surface area contributed by atoms with Gasteiger partial charge in [-0.05, 0) is 43.4 Å². The van der Waals surface area contributed by atoms with E-state index in [0.29, 0.717) is 5.69 Å². The van der Waals surface area contributed by atoms with E-state index in [1.807, 2.05) is 13.2 Å². The van der Waals surface area contributed by atoms with Gasteiger partial charge in [0.25, 0.3) is 0 Å². The van der Waals surface area contributed by atoms with Crippen LogP contribution in [0.3, 0.4) is 0 Å². The standard InChI is InChI=1S/C12H20N2O2S2/c1-4-10(8-17-3)14-18(15,16)11-5-6-12(13)9(2)7-11/h5-7,10,14H,4,8,13H2,1-3H3. The zero-order valence-corrected chi connectivity index (χ0v) is 12.6. The van der Waals surface area contributed by atoms with Crippen molar-refractivity contribution in [3.8, 4) is 0 Å². The van der Waals surface area contributed by atoms with E-state index in [-0.39, 0.29) is 10.9 Å². The lowest BCUT2D eigenvalue weighted by Crippen LogP contribution is -2.36. The summed E-state index contributed by atoms with van der Waals surface area (Å²) in [5.41, 5.74) is 7.06. The highest BCUT2D eigenvalue weighted by Gasteiger charge is 2.19. The maximum atomic E-state index is 12.2. The lowest BCUT2D eigenvalue weighted by Gasteiger charge is -2.16. The second-order valence-electron chi connectivity index (χ2n) is 4.20. The molecule has 0 radical (unpaired) electrons. The van der Waals surface area contributed by atoms with Crippen LogP contribution in [0, 0.1) is 6.92 Å². The molecule has 0 spiro atoms. The third-order valence-electron chi connectivity index (χ3n) is 2.73. The number of thioether (sulfide) groups is 1. The Bertz CT molecular complexity index is 501. The molecular weight excluding hydrogens is 268 g/mol. The minimum absolute atomic E-state index is 0.0390. The van der Waals surface area contributed by atoms with Gasteiger partial charge in [0, 0.05) is 17.5 Å². The summed E-state index contributed by atoms with van der Waals surface area (Å²) < 4.78 is 27.1. The first kappa shape index (κ1) is 15.3. The van der Waals surface area contributed by atoms with E-state index >= 15 is 0 Å². The zero-order chi connectivity index (χ0) is 13.8. The molecule has 0 heterocycles. The minimum Gasteiger partial charge on any atom is -0.399 e. The van der Waals surface area contributed by atoms with E-state index in [9.17, 15) is 8.42 Å². The molecule has 102 valence electrons. The Morgan fingerprint density at radius 1 is 1.44 bits per heavy atom. The Labute approximate surface area is 113 Å². The summed E-state index contributed by atoms with van der Waals surface area (Å²) in [5, 5.41) is 0. The zero-order valence-electron chi connectivity index (χ0n) is 10.9. The Morgan fingerprint density at radius 3 is 2.61 bits per heavy atom. The average molecular weight is 288 g/mol. The Morgan fingerprint density at radius 2 is 2.11 bits per heavy atom. The summed E-state index contributed by atoms with van der Waals surface area (Å²) in [5.74, 6) is 0.768. The van der Waals surface area contributed by atoms with Crippen molar-refractivity contribution < 1.29 is 8.42 Å². The Hall–Kier alpha value is -0.720. The van der Waals surface area contributed by atoms with Gasteiger partial charge < -0.3 is 5.73 Å². The summed E-state index contributed by atoms with van der Waals surface area (Å²) in [6.07, 6.45) is 2.73. The Balaban J connectivity index is 2.95. The number of hydrogen-bond donors (Lipinski definition) is 2. The molecule has 0 bridgehead atoms. The number of benzene rings is 1. The quantitative estimate of drug-likeness (QED) is 0.785. The molecule has 3 N–H and O–H groups in total. The number of rotatable bonds is 6. The van der Waals surface area contributed by atoms with Crippen molar-refractivity contribution in [3.63, 3.8) is 0 Å². The van der Waals surface area contributed by atoms with Gasteiger partial charge in [-0.15, -0.1) is 0 Å². The van der Waals surface area contributed by atoms with E-state index in [4.69, 9.17) is 5.73 Å². The van der Waals surface area contributed by atoms with Gasteiger partial charge in [0.15, 0.2) is 0 Å². The van der Waals surface area contributed by atoms with Crippen molar-refractivity contribution in [3.05, 3.63) is 23.8 Å². The van der Waals surface area contributed by atoms with Crippen molar-refractivity contribution >= 4 is 27.5 Å². The van der Waals surface area contributed by atoms with Gasteiger partial charge in [-0.1, -0.05) is 6.92 Å². The molecule has 0 aliphatic carbocycles. The van der Waals surface area contributed by atoms with Crippen LogP contribution in [0.25, 0.3) is 0 Å².